The molecule has 0 aromatic heterocycles. The minimum absolute atomic E-state index is 0.0306. The van der Waals surface area contributed by atoms with Gasteiger partial charge in [0.2, 0.25) is 5.78 Å². The third-order valence-corrected chi connectivity index (χ3v) is 8.55. The molecule has 4 unspecified atom stereocenters. The van der Waals surface area contributed by atoms with E-state index in [0.29, 0.717) is 29.5 Å². The monoisotopic (exact) mass is 554 g/mol. The highest BCUT2D eigenvalue weighted by Crippen LogP contribution is 2.53. The number of phenols is 1. The number of phenolic OH excluding ortho intramolecular Hbond substituents is 1. The van der Waals surface area contributed by atoms with Crippen LogP contribution in [0, 0.1) is 17.3 Å². The summed E-state index contributed by atoms with van der Waals surface area (Å²) in [5, 5.41) is 45.5. The standard InChI is InChI=1S/C30H38N2O8/c1-13(33)16-10-14(8-7-9-29(2,3)4)23(34)20-17(16)11-15-12-18-22(32(5)6)25(36)21(28(31)39)27(38)30(18,40)26(37)19(15)24(20)35/h10,15,18,22,34-35,38,40H,7-9,11-12H2,1-6H3,(H2,31,39). The molecule has 3 aliphatic carbocycles. The number of aliphatic hydroxyl groups is 3. The first-order chi connectivity index (χ1) is 18.4. The highest BCUT2D eigenvalue weighted by molar-refractivity contribution is 6.24. The first-order valence-electron chi connectivity index (χ1n) is 13.5. The van der Waals surface area contributed by atoms with Crippen LogP contribution in [-0.2, 0) is 27.2 Å². The zero-order valence-corrected chi connectivity index (χ0v) is 23.8. The predicted octanol–water partition coefficient (Wildman–Crippen LogP) is 2.54. The molecular weight excluding hydrogens is 516 g/mol. The van der Waals surface area contributed by atoms with Gasteiger partial charge in [0, 0.05) is 17.1 Å². The van der Waals surface area contributed by atoms with Crippen LogP contribution >= 0.6 is 0 Å². The Bertz CT molecular complexity index is 1400. The van der Waals surface area contributed by atoms with Crippen LogP contribution in [0.1, 0.15) is 74.0 Å². The van der Waals surface area contributed by atoms with Gasteiger partial charge < -0.3 is 26.2 Å². The lowest BCUT2D eigenvalue weighted by molar-refractivity contribution is -0.153. The van der Waals surface area contributed by atoms with Crippen LogP contribution in [0.25, 0.3) is 5.76 Å². The predicted molar refractivity (Wildman–Crippen MR) is 147 cm³/mol. The molecule has 0 spiro atoms. The molecule has 1 aromatic carbocycles. The number of nitrogens with two attached hydrogens (primary N) is 1. The van der Waals surface area contributed by atoms with Crippen molar-refractivity contribution < 1.29 is 39.6 Å². The van der Waals surface area contributed by atoms with Crippen molar-refractivity contribution in [2.75, 3.05) is 14.1 Å². The molecule has 4 rings (SSSR count). The number of aryl methyl sites for hydroxylation is 1. The van der Waals surface area contributed by atoms with Gasteiger partial charge in [-0.05, 0) is 81.6 Å². The second-order valence-corrected chi connectivity index (χ2v) is 12.7. The number of carbonyl (C=O) groups excluding carboxylic acids is 4. The quantitative estimate of drug-likeness (QED) is 0.261. The average molecular weight is 555 g/mol. The largest absolute Gasteiger partial charge is 0.508 e. The molecule has 0 heterocycles. The van der Waals surface area contributed by atoms with Gasteiger partial charge in [-0.1, -0.05) is 20.8 Å². The van der Waals surface area contributed by atoms with Gasteiger partial charge in [-0.25, -0.2) is 0 Å². The highest BCUT2D eigenvalue weighted by Gasteiger charge is 2.64. The van der Waals surface area contributed by atoms with Gasteiger partial charge >= 0.3 is 0 Å². The van der Waals surface area contributed by atoms with Gasteiger partial charge in [-0.15, -0.1) is 0 Å². The molecule has 1 saturated carbocycles. The summed E-state index contributed by atoms with van der Waals surface area (Å²) in [6, 6.07) is 0.474. The molecule has 216 valence electrons. The number of rotatable bonds is 6. The fourth-order valence-electron chi connectivity index (χ4n) is 6.68. The summed E-state index contributed by atoms with van der Waals surface area (Å²) >= 11 is 0. The molecule has 0 radical (unpaired) electrons. The first kappa shape index (κ1) is 29.5. The van der Waals surface area contributed by atoms with E-state index in [1.165, 1.54) is 11.8 Å². The summed E-state index contributed by atoms with van der Waals surface area (Å²) in [7, 11) is 3.08. The van der Waals surface area contributed by atoms with Crippen molar-refractivity contribution >= 4 is 29.0 Å². The molecule has 6 N–H and O–H groups in total. The number of fused-ring (bicyclic) bond motifs is 3. The molecule has 0 aliphatic heterocycles. The Morgan fingerprint density at radius 3 is 2.30 bits per heavy atom. The number of ketones is 3. The van der Waals surface area contributed by atoms with E-state index < -0.39 is 58.0 Å². The van der Waals surface area contributed by atoms with Crippen LogP contribution in [0.3, 0.4) is 0 Å². The van der Waals surface area contributed by atoms with E-state index in [2.05, 4.69) is 20.8 Å². The van der Waals surface area contributed by atoms with Crippen LogP contribution in [0.5, 0.6) is 5.75 Å². The first-order valence-corrected chi connectivity index (χ1v) is 13.5. The molecule has 10 heteroatoms. The topological polar surface area (TPSA) is 178 Å². The van der Waals surface area contributed by atoms with Crippen molar-refractivity contribution in [3.8, 4) is 5.75 Å². The summed E-state index contributed by atoms with van der Waals surface area (Å²) in [5.74, 6) is -7.31. The van der Waals surface area contributed by atoms with Crippen molar-refractivity contribution in [2.24, 2.45) is 23.0 Å². The molecule has 1 amide bonds. The number of carbonyl (C=O) groups is 4. The molecule has 0 saturated heterocycles. The van der Waals surface area contributed by atoms with E-state index in [0.717, 1.165) is 6.42 Å². The van der Waals surface area contributed by atoms with Gasteiger partial charge in [0.25, 0.3) is 5.91 Å². The maximum Gasteiger partial charge on any atom is 0.255 e. The summed E-state index contributed by atoms with van der Waals surface area (Å²) < 4.78 is 0. The Hall–Kier alpha value is -3.50. The molecule has 3 aliphatic rings. The van der Waals surface area contributed by atoms with Gasteiger partial charge in [-0.3, -0.25) is 24.1 Å². The molecule has 4 atom stereocenters. The summed E-state index contributed by atoms with van der Waals surface area (Å²) in [4.78, 5) is 53.5. The smallest absolute Gasteiger partial charge is 0.255 e. The summed E-state index contributed by atoms with van der Waals surface area (Å²) in [6.07, 6.45) is 2.04. The number of Topliss-reactive ketones (excluding diaryl/α,β-unsaturated/α-hetero) is 3. The van der Waals surface area contributed by atoms with Crippen LogP contribution in [0.15, 0.2) is 23.0 Å². The summed E-state index contributed by atoms with van der Waals surface area (Å²) in [5.41, 5.74) is 2.73. The number of hydrogen-bond donors (Lipinski definition) is 5. The Morgan fingerprint density at radius 2 is 1.77 bits per heavy atom. The van der Waals surface area contributed by atoms with Crippen molar-refractivity contribution in [3.63, 3.8) is 0 Å². The number of nitrogens with zero attached hydrogens (tertiary/aromatic N) is 1. The van der Waals surface area contributed by atoms with Crippen LogP contribution in [0.4, 0.5) is 0 Å². The average Bonchev–Trinajstić information content (AvgIpc) is 2.81. The van der Waals surface area contributed by atoms with E-state index in [9.17, 15) is 39.6 Å². The van der Waals surface area contributed by atoms with Crippen molar-refractivity contribution in [2.45, 2.75) is 71.4 Å². The van der Waals surface area contributed by atoms with E-state index in [-0.39, 0.29) is 40.9 Å². The number of likely N-dealkylation sites (N-methyl/N-ethyl adjacent to an activating group) is 1. The fourth-order valence-corrected chi connectivity index (χ4v) is 6.68. The Morgan fingerprint density at radius 1 is 1.15 bits per heavy atom. The maximum absolute atomic E-state index is 14.0. The highest BCUT2D eigenvalue weighted by atomic mass is 16.3. The molecule has 1 fully saturated rings. The van der Waals surface area contributed by atoms with E-state index in [4.69, 9.17) is 5.73 Å². The number of aliphatic hydroxyl groups excluding tert-OH is 2. The zero-order valence-electron chi connectivity index (χ0n) is 23.8. The molecule has 40 heavy (non-hydrogen) atoms. The lowest BCUT2D eigenvalue weighted by atomic mass is 9.57. The van der Waals surface area contributed by atoms with E-state index >= 15 is 0 Å². The fraction of sp³-hybridized carbons (Fsp3) is 0.533. The van der Waals surface area contributed by atoms with Crippen molar-refractivity contribution in [1.82, 2.24) is 4.90 Å². The molecule has 10 nitrogen and oxygen atoms in total. The number of amides is 1. The number of benzene rings is 1. The minimum Gasteiger partial charge on any atom is -0.508 e. The number of aromatic hydroxyl groups is 1. The summed E-state index contributed by atoms with van der Waals surface area (Å²) in [6.45, 7) is 7.67. The third kappa shape index (κ3) is 4.43. The SMILES string of the molecule is CC(=O)c1cc(CCCC(C)(C)C)c(O)c2c1CC1CC3C(N(C)C)C(=O)C(C(N)=O)=C(O)C3(O)C(=O)C1=C2O. The molecule has 0 bridgehead atoms. The normalized spacial score (nSPS) is 26.6. The minimum atomic E-state index is -2.70. The second-order valence-electron chi connectivity index (χ2n) is 12.7. The van der Waals surface area contributed by atoms with Crippen LogP contribution in [0.2, 0.25) is 0 Å². The van der Waals surface area contributed by atoms with Crippen LogP contribution in [-0.4, -0.2) is 74.3 Å². The second kappa shape index (κ2) is 9.85. The van der Waals surface area contributed by atoms with Gasteiger partial charge in [-0.2, -0.15) is 0 Å². The number of primary amides is 1. The zero-order chi connectivity index (χ0) is 30.1. The van der Waals surface area contributed by atoms with Crippen molar-refractivity contribution in [3.05, 3.63) is 45.2 Å². The third-order valence-electron chi connectivity index (χ3n) is 8.55. The van der Waals surface area contributed by atoms with Crippen LogP contribution < -0.4 is 5.73 Å². The molecule has 1 aromatic rings. The van der Waals surface area contributed by atoms with Crippen molar-refractivity contribution in [1.29, 1.82) is 0 Å². The van der Waals surface area contributed by atoms with Gasteiger partial charge in [0.05, 0.1) is 11.6 Å². The number of hydrogen-bond acceptors (Lipinski definition) is 9. The Kier molecular flexibility index (Phi) is 7.26. The lowest BCUT2D eigenvalue weighted by Crippen LogP contribution is -2.65. The van der Waals surface area contributed by atoms with Gasteiger partial charge in [0.1, 0.15) is 22.8 Å². The van der Waals surface area contributed by atoms with E-state index in [1.54, 1.807) is 20.2 Å². The Balaban J connectivity index is 1.92. The lowest BCUT2D eigenvalue weighted by Gasteiger charge is -2.50. The van der Waals surface area contributed by atoms with E-state index in [1.807, 2.05) is 0 Å². The maximum atomic E-state index is 14.0. The molecular formula is C30H38N2O8. The Labute approximate surface area is 233 Å². The van der Waals surface area contributed by atoms with Gasteiger partial charge in [0.15, 0.2) is 17.2 Å².